The molecule has 1 aromatic carbocycles. The van der Waals surface area contributed by atoms with Crippen LogP contribution in [0.15, 0.2) is 42.7 Å². The average molecular weight is 353 g/mol. The largest absolute Gasteiger partial charge is 0.314 e. The predicted octanol–water partition coefficient (Wildman–Crippen LogP) is 2.70. The Kier molecular flexibility index (Phi) is 6.19. The number of aromatic nitrogens is 1. The monoisotopic (exact) mass is 352 g/mol. The molecule has 1 fully saturated rings. The van der Waals surface area contributed by atoms with Crippen molar-refractivity contribution in [2.24, 2.45) is 0 Å². The Morgan fingerprint density at radius 1 is 1.42 bits per heavy atom. The van der Waals surface area contributed by atoms with Crippen molar-refractivity contribution < 1.29 is 9.31 Å². The molecule has 6 nitrogen and oxygen atoms in total. The van der Waals surface area contributed by atoms with Crippen LogP contribution in [0.5, 0.6) is 0 Å². The maximum Gasteiger partial charge on any atom is 0.274 e. The van der Waals surface area contributed by atoms with Crippen LogP contribution < -0.4 is 5.32 Å². The summed E-state index contributed by atoms with van der Waals surface area (Å²) >= 11 is 0. The first-order valence-corrected chi connectivity index (χ1v) is 7.42. The van der Waals surface area contributed by atoms with Crippen LogP contribution >= 0.6 is 12.4 Å². The molecule has 1 aliphatic rings. The molecule has 0 aliphatic carbocycles. The standard InChI is InChI=1S/C16H17FN4O2.ClH/c17-14-3-4-15(21(22)23)13(8-14)11-20-7-6-19-10-16(20)12-2-1-5-18-9-12;/h1-5,8-9,16,19H,6-7,10-11H2;1H. The summed E-state index contributed by atoms with van der Waals surface area (Å²) in [6, 6.07) is 7.51. The number of rotatable bonds is 4. The van der Waals surface area contributed by atoms with Crippen molar-refractivity contribution in [3.63, 3.8) is 0 Å². The lowest BCUT2D eigenvalue weighted by molar-refractivity contribution is -0.385. The highest BCUT2D eigenvalue weighted by Crippen LogP contribution is 2.27. The van der Waals surface area contributed by atoms with Gasteiger partial charge in [-0.25, -0.2) is 4.39 Å². The molecule has 0 spiro atoms. The number of nitro benzene ring substituents is 1. The van der Waals surface area contributed by atoms with Gasteiger partial charge in [0.05, 0.1) is 4.92 Å². The minimum atomic E-state index is -0.462. The minimum Gasteiger partial charge on any atom is -0.314 e. The number of nitrogens with one attached hydrogen (secondary N) is 1. The van der Waals surface area contributed by atoms with E-state index in [1.165, 1.54) is 12.1 Å². The van der Waals surface area contributed by atoms with Gasteiger partial charge in [-0.05, 0) is 23.8 Å². The quantitative estimate of drug-likeness (QED) is 0.676. The zero-order valence-electron chi connectivity index (χ0n) is 12.9. The molecule has 24 heavy (non-hydrogen) atoms. The average Bonchev–Trinajstić information content (AvgIpc) is 2.56. The van der Waals surface area contributed by atoms with E-state index in [-0.39, 0.29) is 24.1 Å². The van der Waals surface area contributed by atoms with E-state index in [1.54, 1.807) is 12.4 Å². The molecule has 0 amide bonds. The Morgan fingerprint density at radius 2 is 2.25 bits per heavy atom. The van der Waals surface area contributed by atoms with Crippen molar-refractivity contribution in [2.45, 2.75) is 12.6 Å². The number of hydrogen-bond donors (Lipinski definition) is 1. The molecule has 0 radical (unpaired) electrons. The third-order valence-electron chi connectivity index (χ3n) is 4.04. The van der Waals surface area contributed by atoms with Crippen LogP contribution in [-0.4, -0.2) is 34.4 Å². The highest BCUT2D eigenvalue weighted by atomic mass is 35.5. The molecule has 2 heterocycles. The number of halogens is 2. The van der Waals surface area contributed by atoms with Gasteiger partial charge in [0.15, 0.2) is 0 Å². The molecular formula is C16H18ClFN4O2. The maximum absolute atomic E-state index is 13.5. The number of hydrogen-bond acceptors (Lipinski definition) is 5. The summed E-state index contributed by atoms with van der Waals surface area (Å²) in [6.45, 7) is 2.58. The molecule has 1 aromatic heterocycles. The lowest BCUT2D eigenvalue weighted by Crippen LogP contribution is -2.45. The van der Waals surface area contributed by atoms with Crippen molar-refractivity contribution in [3.8, 4) is 0 Å². The Labute approximate surface area is 145 Å². The normalized spacial score (nSPS) is 18.0. The molecule has 1 aliphatic heterocycles. The van der Waals surface area contributed by atoms with Crippen molar-refractivity contribution in [2.75, 3.05) is 19.6 Å². The molecular weight excluding hydrogens is 335 g/mol. The first kappa shape index (κ1) is 18.3. The second-order valence-corrected chi connectivity index (χ2v) is 5.51. The molecule has 8 heteroatoms. The zero-order valence-corrected chi connectivity index (χ0v) is 13.7. The van der Waals surface area contributed by atoms with Gasteiger partial charge < -0.3 is 5.32 Å². The van der Waals surface area contributed by atoms with E-state index >= 15 is 0 Å². The van der Waals surface area contributed by atoms with Crippen molar-refractivity contribution in [1.82, 2.24) is 15.2 Å². The van der Waals surface area contributed by atoms with Gasteiger partial charge >= 0.3 is 0 Å². The third kappa shape index (κ3) is 4.05. The fourth-order valence-electron chi connectivity index (χ4n) is 2.92. The van der Waals surface area contributed by atoms with Crippen LogP contribution in [0.4, 0.5) is 10.1 Å². The molecule has 1 atom stereocenters. The second kappa shape index (κ2) is 8.14. The van der Waals surface area contributed by atoms with Crippen LogP contribution in [0, 0.1) is 15.9 Å². The van der Waals surface area contributed by atoms with Crippen molar-refractivity contribution in [1.29, 1.82) is 0 Å². The van der Waals surface area contributed by atoms with Gasteiger partial charge in [0, 0.05) is 56.2 Å². The highest BCUT2D eigenvalue weighted by molar-refractivity contribution is 5.85. The fourth-order valence-corrected chi connectivity index (χ4v) is 2.92. The first-order valence-electron chi connectivity index (χ1n) is 7.42. The van der Waals surface area contributed by atoms with E-state index in [2.05, 4.69) is 15.2 Å². The molecule has 128 valence electrons. The van der Waals surface area contributed by atoms with Crippen LogP contribution in [0.3, 0.4) is 0 Å². The number of benzene rings is 1. The summed E-state index contributed by atoms with van der Waals surface area (Å²) in [5, 5.41) is 14.5. The topological polar surface area (TPSA) is 71.3 Å². The second-order valence-electron chi connectivity index (χ2n) is 5.51. The van der Waals surface area contributed by atoms with Crippen LogP contribution in [0.2, 0.25) is 0 Å². The van der Waals surface area contributed by atoms with Gasteiger partial charge in [-0.15, -0.1) is 12.4 Å². The summed E-state index contributed by atoms with van der Waals surface area (Å²) in [7, 11) is 0. The Hall–Kier alpha value is -2.09. The Balaban J connectivity index is 0.00000208. The van der Waals surface area contributed by atoms with E-state index in [0.29, 0.717) is 12.1 Å². The van der Waals surface area contributed by atoms with Crippen molar-refractivity contribution in [3.05, 3.63) is 69.8 Å². The number of pyridine rings is 1. The van der Waals surface area contributed by atoms with E-state index < -0.39 is 10.7 Å². The summed E-state index contributed by atoms with van der Waals surface area (Å²) in [5.41, 5.74) is 1.39. The van der Waals surface area contributed by atoms with Gasteiger partial charge in [-0.1, -0.05) is 6.07 Å². The molecule has 1 saturated heterocycles. The third-order valence-corrected chi connectivity index (χ3v) is 4.04. The van der Waals surface area contributed by atoms with E-state index in [4.69, 9.17) is 0 Å². The highest BCUT2D eigenvalue weighted by Gasteiger charge is 2.26. The van der Waals surface area contributed by atoms with Crippen LogP contribution in [0.1, 0.15) is 17.2 Å². The molecule has 3 rings (SSSR count). The lowest BCUT2D eigenvalue weighted by atomic mass is 10.0. The van der Waals surface area contributed by atoms with Gasteiger partial charge in [0.1, 0.15) is 5.82 Å². The molecule has 0 saturated carbocycles. The fraction of sp³-hybridized carbons (Fsp3) is 0.312. The smallest absolute Gasteiger partial charge is 0.274 e. The van der Waals surface area contributed by atoms with Gasteiger partial charge in [0.2, 0.25) is 0 Å². The van der Waals surface area contributed by atoms with Gasteiger partial charge in [0.25, 0.3) is 5.69 Å². The summed E-state index contributed by atoms with van der Waals surface area (Å²) in [6.07, 6.45) is 3.51. The summed E-state index contributed by atoms with van der Waals surface area (Å²) in [4.78, 5) is 17.0. The molecule has 1 N–H and O–H groups in total. The first-order chi connectivity index (χ1) is 11.1. The number of nitrogens with zero attached hydrogens (tertiary/aromatic N) is 3. The van der Waals surface area contributed by atoms with E-state index in [9.17, 15) is 14.5 Å². The van der Waals surface area contributed by atoms with E-state index in [1.807, 2.05) is 12.1 Å². The molecule has 0 bridgehead atoms. The van der Waals surface area contributed by atoms with Crippen LogP contribution in [0.25, 0.3) is 0 Å². The minimum absolute atomic E-state index is 0. The maximum atomic E-state index is 13.5. The Bertz CT molecular complexity index is 702. The number of nitro groups is 1. The summed E-state index contributed by atoms with van der Waals surface area (Å²) in [5.74, 6) is -0.460. The lowest BCUT2D eigenvalue weighted by Gasteiger charge is -2.36. The molecule has 2 aromatic rings. The zero-order chi connectivity index (χ0) is 16.2. The van der Waals surface area contributed by atoms with Crippen molar-refractivity contribution >= 4 is 18.1 Å². The SMILES string of the molecule is Cl.O=[N+]([O-])c1ccc(F)cc1CN1CCNCC1c1cccnc1. The van der Waals surface area contributed by atoms with E-state index in [0.717, 1.165) is 31.3 Å². The van der Waals surface area contributed by atoms with Gasteiger partial charge in [-0.2, -0.15) is 0 Å². The molecule has 1 unspecified atom stereocenters. The summed E-state index contributed by atoms with van der Waals surface area (Å²) < 4.78 is 13.5. The predicted molar refractivity (Wildman–Crippen MR) is 90.6 cm³/mol. The van der Waals surface area contributed by atoms with Crippen LogP contribution in [-0.2, 0) is 6.54 Å². The van der Waals surface area contributed by atoms with Gasteiger partial charge in [-0.3, -0.25) is 20.0 Å². The Morgan fingerprint density at radius 3 is 2.96 bits per heavy atom. The number of piperazine rings is 1.